The third-order valence-electron chi connectivity index (χ3n) is 5.08. The topological polar surface area (TPSA) is 23.6 Å². The molecular formula is C17H26N2OS. The van der Waals surface area contributed by atoms with Crippen LogP contribution in [-0.4, -0.2) is 48.4 Å². The lowest BCUT2D eigenvalue weighted by molar-refractivity contribution is 0.0648. The average molecular weight is 306 g/mol. The molecule has 0 radical (unpaired) electrons. The number of carbonyl (C=O) groups excluding carboxylic acids is 1. The highest BCUT2D eigenvalue weighted by atomic mass is 32.1. The van der Waals surface area contributed by atoms with Crippen LogP contribution in [0.15, 0.2) is 6.07 Å². The van der Waals surface area contributed by atoms with Crippen LogP contribution in [0.25, 0.3) is 0 Å². The van der Waals surface area contributed by atoms with Crippen molar-refractivity contribution in [2.75, 3.05) is 32.7 Å². The first-order valence-electron chi connectivity index (χ1n) is 8.34. The molecule has 21 heavy (non-hydrogen) atoms. The van der Waals surface area contributed by atoms with Crippen molar-refractivity contribution in [2.45, 2.75) is 39.5 Å². The summed E-state index contributed by atoms with van der Waals surface area (Å²) in [7, 11) is 0. The Balaban J connectivity index is 1.67. The average Bonchev–Trinajstić information content (AvgIpc) is 2.97. The second kappa shape index (κ2) is 6.49. The van der Waals surface area contributed by atoms with Crippen molar-refractivity contribution >= 4 is 17.2 Å². The SMILES string of the molecule is CCC1CCc2sc(C(=O)N3CCN(CC)CC3)cc2C1. The molecule has 0 N–H and O–H groups in total. The van der Waals surface area contributed by atoms with Gasteiger partial charge in [0.15, 0.2) is 0 Å². The quantitative estimate of drug-likeness (QED) is 0.857. The van der Waals surface area contributed by atoms with E-state index in [0.29, 0.717) is 0 Å². The van der Waals surface area contributed by atoms with Crippen molar-refractivity contribution in [2.24, 2.45) is 5.92 Å². The maximum atomic E-state index is 12.7. The number of amides is 1. The maximum Gasteiger partial charge on any atom is 0.264 e. The van der Waals surface area contributed by atoms with Gasteiger partial charge in [-0.2, -0.15) is 0 Å². The zero-order chi connectivity index (χ0) is 14.8. The van der Waals surface area contributed by atoms with Crippen LogP contribution in [0.2, 0.25) is 0 Å². The number of piperazine rings is 1. The summed E-state index contributed by atoms with van der Waals surface area (Å²) >= 11 is 1.75. The number of hydrogen-bond donors (Lipinski definition) is 0. The second-order valence-electron chi connectivity index (χ2n) is 6.30. The van der Waals surface area contributed by atoms with Gasteiger partial charge >= 0.3 is 0 Å². The predicted octanol–water partition coefficient (Wildman–Crippen LogP) is 3.04. The number of thiophene rings is 1. The molecule has 1 aromatic heterocycles. The van der Waals surface area contributed by atoms with Gasteiger partial charge in [-0.25, -0.2) is 0 Å². The van der Waals surface area contributed by atoms with E-state index in [1.807, 2.05) is 4.90 Å². The van der Waals surface area contributed by atoms with Gasteiger partial charge in [-0.1, -0.05) is 20.3 Å². The number of nitrogens with zero attached hydrogens (tertiary/aromatic N) is 2. The maximum absolute atomic E-state index is 12.7. The number of likely N-dealkylation sites (N-methyl/N-ethyl adjacent to an activating group) is 1. The molecule has 116 valence electrons. The van der Waals surface area contributed by atoms with Crippen molar-refractivity contribution in [3.05, 3.63) is 21.4 Å². The van der Waals surface area contributed by atoms with Gasteiger partial charge in [0.1, 0.15) is 0 Å². The third kappa shape index (κ3) is 3.16. The van der Waals surface area contributed by atoms with E-state index >= 15 is 0 Å². The summed E-state index contributed by atoms with van der Waals surface area (Å²) in [5, 5.41) is 0. The fourth-order valence-corrected chi connectivity index (χ4v) is 4.65. The van der Waals surface area contributed by atoms with E-state index in [1.165, 1.54) is 36.1 Å². The lowest BCUT2D eigenvalue weighted by atomic mass is 9.87. The van der Waals surface area contributed by atoms with Crippen molar-refractivity contribution in [1.29, 1.82) is 0 Å². The molecule has 1 atom stereocenters. The Hall–Kier alpha value is -0.870. The molecule has 0 aromatic carbocycles. The molecule has 3 nitrogen and oxygen atoms in total. The van der Waals surface area contributed by atoms with Gasteiger partial charge in [0.2, 0.25) is 0 Å². The smallest absolute Gasteiger partial charge is 0.264 e. The van der Waals surface area contributed by atoms with E-state index in [1.54, 1.807) is 11.3 Å². The van der Waals surface area contributed by atoms with Crippen LogP contribution in [-0.2, 0) is 12.8 Å². The summed E-state index contributed by atoms with van der Waals surface area (Å²) in [5.74, 6) is 1.08. The monoisotopic (exact) mass is 306 g/mol. The number of carbonyl (C=O) groups is 1. The summed E-state index contributed by atoms with van der Waals surface area (Å²) in [6, 6.07) is 2.19. The first-order valence-corrected chi connectivity index (χ1v) is 9.16. The normalized spacial score (nSPS) is 23.1. The van der Waals surface area contributed by atoms with Gasteiger partial charge < -0.3 is 9.80 Å². The predicted molar refractivity (Wildman–Crippen MR) is 88.1 cm³/mol. The zero-order valence-electron chi connectivity index (χ0n) is 13.2. The van der Waals surface area contributed by atoms with Gasteiger partial charge in [0, 0.05) is 31.1 Å². The first-order chi connectivity index (χ1) is 10.2. The Morgan fingerprint density at radius 2 is 2.05 bits per heavy atom. The van der Waals surface area contributed by atoms with Crippen LogP contribution in [0, 0.1) is 5.92 Å². The fraction of sp³-hybridized carbons (Fsp3) is 0.706. The van der Waals surface area contributed by atoms with E-state index in [0.717, 1.165) is 43.5 Å². The molecule has 1 fully saturated rings. The Morgan fingerprint density at radius 1 is 1.29 bits per heavy atom. The highest BCUT2D eigenvalue weighted by Crippen LogP contribution is 2.34. The van der Waals surface area contributed by atoms with Gasteiger partial charge in [-0.3, -0.25) is 4.79 Å². The zero-order valence-corrected chi connectivity index (χ0v) is 14.0. The van der Waals surface area contributed by atoms with Crippen molar-refractivity contribution in [3.8, 4) is 0 Å². The summed E-state index contributed by atoms with van der Waals surface area (Å²) in [4.78, 5) is 19.6. The Morgan fingerprint density at radius 3 is 2.71 bits per heavy atom. The van der Waals surface area contributed by atoms with Crippen molar-refractivity contribution in [1.82, 2.24) is 9.80 Å². The van der Waals surface area contributed by atoms with Crippen molar-refractivity contribution in [3.63, 3.8) is 0 Å². The molecule has 1 saturated heterocycles. The van der Waals surface area contributed by atoms with Crippen molar-refractivity contribution < 1.29 is 4.79 Å². The third-order valence-corrected chi connectivity index (χ3v) is 6.30. The minimum absolute atomic E-state index is 0.262. The molecule has 1 unspecified atom stereocenters. The van der Waals surface area contributed by atoms with Crippen LogP contribution in [0.4, 0.5) is 0 Å². The summed E-state index contributed by atoms with van der Waals surface area (Å²) in [5.41, 5.74) is 1.45. The van der Waals surface area contributed by atoms with Crippen LogP contribution in [0.1, 0.15) is 46.8 Å². The highest BCUT2D eigenvalue weighted by Gasteiger charge is 2.26. The highest BCUT2D eigenvalue weighted by molar-refractivity contribution is 7.14. The second-order valence-corrected chi connectivity index (χ2v) is 7.44. The molecule has 0 saturated carbocycles. The molecule has 1 amide bonds. The molecule has 4 heteroatoms. The number of aryl methyl sites for hydroxylation is 1. The molecule has 2 heterocycles. The van der Waals surface area contributed by atoms with E-state index in [-0.39, 0.29) is 5.91 Å². The molecular weight excluding hydrogens is 280 g/mol. The van der Waals surface area contributed by atoms with Gasteiger partial charge in [0.25, 0.3) is 5.91 Å². The summed E-state index contributed by atoms with van der Waals surface area (Å²) < 4.78 is 0. The fourth-order valence-electron chi connectivity index (χ4n) is 3.48. The largest absolute Gasteiger partial charge is 0.335 e. The Labute approximate surface area is 131 Å². The first kappa shape index (κ1) is 15.0. The molecule has 2 aliphatic rings. The summed E-state index contributed by atoms with van der Waals surface area (Å²) in [6.45, 7) is 9.36. The molecule has 1 aliphatic carbocycles. The number of fused-ring (bicyclic) bond motifs is 1. The van der Waals surface area contributed by atoms with Crippen LogP contribution < -0.4 is 0 Å². The van der Waals surface area contributed by atoms with Gasteiger partial charge in [-0.15, -0.1) is 11.3 Å². The molecule has 1 aromatic rings. The van der Waals surface area contributed by atoms with E-state index in [2.05, 4.69) is 24.8 Å². The van der Waals surface area contributed by atoms with Gasteiger partial charge in [0.05, 0.1) is 4.88 Å². The number of rotatable bonds is 3. The van der Waals surface area contributed by atoms with E-state index in [9.17, 15) is 4.79 Å². The summed E-state index contributed by atoms with van der Waals surface area (Å²) in [6.07, 6.45) is 4.92. The van der Waals surface area contributed by atoms with Gasteiger partial charge in [-0.05, 0) is 43.4 Å². The minimum atomic E-state index is 0.262. The molecule has 0 bridgehead atoms. The van der Waals surface area contributed by atoms with Crippen LogP contribution >= 0.6 is 11.3 Å². The van der Waals surface area contributed by atoms with Crippen LogP contribution in [0.5, 0.6) is 0 Å². The van der Waals surface area contributed by atoms with Crippen LogP contribution in [0.3, 0.4) is 0 Å². The molecule has 0 spiro atoms. The van der Waals surface area contributed by atoms with E-state index < -0.39 is 0 Å². The molecule has 1 aliphatic heterocycles. The Kier molecular flexibility index (Phi) is 4.65. The lowest BCUT2D eigenvalue weighted by Gasteiger charge is -2.33. The number of hydrogen-bond acceptors (Lipinski definition) is 3. The molecule has 3 rings (SSSR count). The standard InChI is InChI=1S/C17H26N2OS/c1-3-13-5-6-15-14(11-13)12-16(21-15)17(20)19-9-7-18(4-2)8-10-19/h12-13H,3-11H2,1-2H3. The van der Waals surface area contributed by atoms with E-state index in [4.69, 9.17) is 0 Å². The lowest BCUT2D eigenvalue weighted by Crippen LogP contribution is -2.48. The minimum Gasteiger partial charge on any atom is -0.335 e. The Bertz CT molecular complexity index is 503.